The van der Waals surface area contributed by atoms with Crippen LogP contribution < -0.4 is 0 Å². The highest BCUT2D eigenvalue weighted by atomic mass is 16.4. The maximum Gasteiger partial charge on any atom is 0.190 e. The van der Waals surface area contributed by atoms with Gasteiger partial charge in [-0.25, -0.2) is 0 Å². The van der Waals surface area contributed by atoms with Crippen molar-refractivity contribution < 1.29 is 14.3 Å². The molecule has 1 atom stereocenters. The molecule has 4 nitrogen and oxygen atoms in total. The van der Waals surface area contributed by atoms with Crippen molar-refractivity contribution in [2.24, 2.45) is 0 Å². The van der Waals surface area contributed by atoms with Crippen molar-refractivity contribution in [1.29, 1.82) is 0 Å². The van der Waals surface area contributed by atoms with Crippen molar-refractivity contribution in [3.05, 3.63) is 58.8 Å². The van der Waals surface area contributed by atoms with E-state index in [1.165, 1.54) is 0 Å². The van der Waals surface area contributed by atoms with Crippen LogP contribution in [0.15, 0.2) is 40.6 Å². The monoisotopic (exact) mass is 255 g/mol. The highest BCUT2D eigenvalue weighted by molar-refractivity contribution is 6.16. The van der Waals surface area contributed by atoms with Crippen LogP contribution in [0.25, 0.3) is 6.08 Å². The third kappa shape index (κ3) is 1.90. The molecule has 0 aromatic carbocycles. The van der Waals surface area contributed by atoms with Gasteiger partial charge in [-0.2, -0.15) is 0 Å². The first-order chi connectivity index (χ1) is 9.20. The fraction of sp³-hybridized carbons (Fsp3) is 0.200. The molecule has 0 fully saturated rings. The summed E-state index contributed by atoms with van der Waals surface area (Å²) in [6.45, 7) is 1.84. The third-order valence-corrected chi connectivity index (χ3v) is 3.43. The number of aliphatic hydroxyl groups is 1. The highest BCUT2D eigenvalue weighted by Crippen LogP contribution is 2.37. The molecule has 0 bridgehead atoms. The number of fused-ring (bicyclic) bond motifs is 1. The minimum atomic E-state index is -0.142. The van der Waals surface area contributed by atoms with E-state index in [9.17, 15) is 4.79 Å². The van der Waals surface area contributed by atoms with Gasteiger partial charge in [0, 0.05) is 29.4 Å². The van der Waals surface area contributed by atoms with E-state index < -0.39 is 0 Å². The van der Waals surface area contributed by atoms with Crippen LogP contribution in [-0.4, -0.2) is 15.9 Å². The Bertz CT molecular complexity index is 670. The Morgan fingerprint density at radius 1 is 1.42 bits per heavy atom. The van der Waals surface area contributed by atoms with Crippen LogP contribution in [0.2, 0.25) is 0 Å². The first kappa shape index (κ1) is 11.9. The number of aliphatic hydroxyl groups excluding tert-OH is 1. The lowest BCUT2D eigenvalue weighted by molar-refractivity contribution is 0.103. The minimum absolute atomic E-state index is 0.0128. The Labute approximate surface area is 110 Å². The highest BCUT2D eigenvalue weighted by Gasteiger charge is 2.31. The van der Waals surface area contributed by atoms with Gasteiger partial charge in [0.25, 0.3) is 0 Å². The van der Waals surface area contributed by atoms with Gasteiger partial charge in [0.05, 0.1) is 0 Å². The van der Waals surface area contributed by atoms with Crippen molar-refractivity contribution in [3.63, 3.8) is 0 Å². The summed E-state index contributed by atoms with van der Waals surface area (Å²) in [7, 11) is 0. The molecular weight excluding hydrogens is 242 g/mol. The summed E-state index contributed by atoms with van der Waals surface area (Å²) in [5, 5.41) is 8.97. The summed E-state index contributed by atoms with van der Waals surface area (Å²) in [6.07, 6.45) is 5.11. The normalized spacial score (nSPS) is 20.0. The van der Waals surface area contributed by atoms with Crippen LogP contribution >= 0.6 is 0 Å². The molecule has 1 aliphatic rings. The summed E-state index contributed by atoms with van der Waals surface area (Å²) < 4.78 is 5.40. The van der Waals surface area contributed by atoms with Crippen molar-refractivity contribution in [2.45, 2.75) is 19.4 Å². The number of Topliss-reactive ketones (excluding diaryl/α,β-unsaturated/α-hetero) is 1. The van der Waals surface area contributed by atoms with Crippen LogP contribution in [0.3, 0.4) is 0 Å². The summed E-state index contributed by atoms with van der Waals surface area (Å²) >= 11 is 0. The smallest absolute Gasteiger partial charge is 0.190 e. The lowest BCUT2D eigenvalue weighted by atomic mass is 10.0. The topological polar surface area (TPSA) is 63.3 Å². The zero-order chi connectivity index (χ0) is 13.4. The molecule has 1 aliphatic carbocycles. The predicted molar refractivity (Wildman–Crippen MR) is 69.6 cm³/mol. The molecule has 0 spiro atoms. The van der Waals surface area contributed by atoms with Gasteiger partial charge in [0.1, 0.15) is 18.1 Å². The first-order valence-corrected chi connectivity index (χ1v) is 6.10. The number of hydrogen-bond donors (Lipinski definition) is 1. The molecule has 0 saturated heterocycles. The van der Waals surface area contributed by atoms with Crippen molar-refractivity contribution in [3.8, 4) is 0 Å². The van der Waals surface area contributed by atoms with E-state index in [-0.39, 0.29) is 18.3 Å². The van der Waals surface area contributed by atoms with Gasteiger partial charge in [-0.1, -0.05) is 6.92 Å². The van der Waals surface area contributed by atoms with Gasteiger partial charge in [-0.15, -0.1) is 0 Å². The van der Waals surface area contributed by atoms with Gasteiger partial charge in [-0.3, -0.25) is 9.78 Å². The maximum atomic E-state index is 12.3. The van der Waals surface area contributed by atoms with Crippen LogP contribution in [-0.2, 0) is 6.61 Å². The predicted octanol–water partition coefficient (Wildman–Crippen LogP) is 2.55. The maximum absolute atomic E-state index is 12.3. The molecule has 0 aliphatic heterocycles. The van der Waals surface area contributed by atoms with E-state index in [1.54, 1.807) is 36.7 Å². The van der Waals surface area contributed by atoms with Gasteiger partial charge >= 0.3 is 0 Å². The number of aromatic nitrogens is 1. The minimum Gasteiger partial charge on any atom is -0.459 e. The van der Waals surface area contributed by atoms with Crippen LogP contribution in [0.1, 0.15) is 40.3 Å². The molecule has 4 heteroatoms. The second kappa shape index (κ2) is 4.48. The van der Waals surface area contributed by atoms with Gasteiger partial charge in [-0.05, 0) is 29.8 Å². The van der Waals surface area contributed by atoms with Gasteiger partial charge < -0.3 is 9.52 Å². The largest absolute Gasteiger partial charge is 0.459 e. The molecule has 3 rings (SSSR count). The molecule has 96 valence electrons. The van der Waals surface area contributed by atoms with Crippen molar-refractivity contribution in [1.82, 2.24) is 4.98 Å². The second-order valence-electron chi connectivity index (χ2n) is 4.58. The molecule has 19 heavy (non-hydrogen) atoms. The fourth-order valence-corrected chi connectivity index (χ4v) is 2.38. The zero-order valence-electron chi connectivity index (χ0n) is 10.5. The summed E-state index contributed by atoms with van der Waals surface area (Å²) in [4.78, 5) is 16.4. The van der Waals surface area contributed by atoms with Crippen LogP contribution in [0, 0.1) is 0 Å². The number of carbonyl (C=O) groups excluding carboxylic acids is 1. The van der Waals surface area contributed by atoms with E-state index in [2.05, 4.69) is 4.98 Å². The van der Waals surface area contributed by atoms with Gasteiger partial charge in [0.2, 0.25) is 0 Å². The Hall–Kier alpha value is -2.20. The lowest BCUT2D eigenvalue weighted by Gasteiger charge is -2.03. The van der Waals surface area contributed by atoms with E-state index in [0.717, 1.165) is 5.56 Å². The van der Waals surface area contributed by atoms with Crippen molar-refractivity contribution >= 4 is 11.9 Å². The molecule has 2 aromatic heterocycles. The van der Waals surface area contributed by atoms with Crippen LogP contribution in [0.4, 0.5) is 0 Å². The number of nitrogens with zero attached hydrogens (tertiary/aromatic N) is 1. The number of carbonyl (C=O) groups is 1. The Kier molecular flexibility index (Phi) is 2.80. The van der Waals surface area contributed by atoms with E-state index in [0.29, 0.717) is 22.7 Å². The van der Waals surface area contributed by atoms with Crippen LogP contribution in [0.5, 0.6) is 0 Å². The molecule has 0 amide bonds. The second-order valence-corrected chi connectivity index (χ2v) is 4.58. The average Bonchev–Trinajstić information content (AvgIpc) is 2.99. The van der Waals surface area contributed by atoms with Gasteiger partial charge in [0.15, 0.2) is 5.78 Å². The molecule has 1 unspecified atom stereocenters. The first-order valence-electron chi connectivity index (χ1n) is 6.10. The molecule has 0 saturated carbocycles. The third-order valence-electron chi connectivity index (χ3n) is 3.43. The summed E-state index contributed by atoms with van der Waals surface area (Å²) in [5.41, 5.74) is 2.36. The molecule has 2 aromatic rings. The van der Waals surface area contributed by atoms with E-state index in [4.69, 9.17) is 9.52 Å². The number of allylic oxidation sites excluding steroid dienone is 1. The standard InChI is InChI=1S/C15H13NO3/c1-9-13(6-10-2-3-11(8-17)19-10)15(18)12-4-5-16-7-14(9)12/h2-7,9,17H,8H2,1H3. The Balaban J connectivity index is 2.01. The Morgan fingerprint density at radius 2 is 2.26 bits per heavy atom. The van der Waals surface area contributed by atoms with Crippen molar-refractivity contribution in [2.75, 3.05) is 0 Å². The number of ketones is 1. The zero-order valence-corrected chi connectivity index (χ0v) is 10.5. The summed E-state index contributed by atoms with van der Waals surface area (Å²) in [6, 6.07) is 5.20. The average molecular weight is 255 g/mol. The Morgan fingerprint density at radius 3 is 2.95 bits per heavy atom. The molecule has 1 N–H and O–H groups in total. The molecule has 2 heterocycles. The lowest BCUT2D eigenvalue weighted by Crippen LogP contribution is -1.96. The number of hydrogen-bond acceptors (Lipinski definition) is 4. The molecule has 0 radical (unpaired) electrons. The summed E-state index contributed by atoms with van der Waals surface area (Å²) in [5.74, 6) is 1.11. The van der Waals surface area contributed by atoms with E-state index in [1.807, 2.05) is 6.92 Å². The number of rotatable bonds is 2. The quantitative estimate of drug-likeness (QED) is 0.838. The number of furan rings is 1. The fourth-order valence-electron chi connectivity index (χ4n) is 2.38. The number of pyridine rings is 1. The van der Waals surface area contributed by atoms with E-state index >= 15 is 0 Å². The molecular formula is C15H13NO3. The SMILES string of the molecule is CC1C(=Cc2ccc(CO)o2)C(=O)c2ccncc21.